The number of pyridine rings is 1. The van der Waals surface area contributed by atoms with Gasteiger partial charge in [-0.3, -0.25) is 4.79 Å². The normalized spacial score (nSPS) is 13.1. The van der Waals surface area contributed by atoms with Crippen molar-refractivity contribution < 1.29 is 9.90 Å². The minimum absolute atomic E-state index is 0.00312. The lowest BCUT2D eigenvalue weighted by atomic mass is 9.89. The largest absolute Gasteiger partial charge is 0.397 e. The van der Waals surface area contributed by atoms with Crippen LogP contribution in [0.1, 0.15) is 37.6 Å². The van der Waals surface area contributed by atoms with Crippen molar-refractivity contribution in [3.05, 3.63) is 23.0 Å². The molecule has 1 aromatic rings. The summed E-state index contributed by atoms with van der Waals surface area (Å²) in [5.74, 6) is -0.366. The highest BCUT2D eigenvalue weighted by Gasteiger charge is 2.18. The third-order valence-electron chi connectivity index (χ3n) is 2.49. The third kappa shape index (κ3) is 5.44. The van der Waals surface area contributed by atoms with E-state index in [1.165, 1.54) is 12.3 Å². The van der Waals surface area contributed by atoms with E-state index in [1.807, 2.05) is 20.8 Å². The number of nitrogens with zero attached hydrogens (tertiary/aromatic N) is 1. The van der Waals surface area contributed by atoms with Gasteiger partial charge in [-0.25, -0.2) is 4.98 Å². The molecule has 106 valence electrons. The number of nitrogens with one attached hydrogen (secondary N) is 1. The molecule has 1 atom stereocenters. The summed E-state index contributed by atoms with van der Waals surface area (Å²) in [5, 5.41) is 12.7. The average molecular weight is 286 g/mol. The lowest BCUT2D eigenvalue weighted by Gasteiger charge is -2.22. The van der Waals surface area contributed by atoms with Crippen molar-refractivity contribution in [2.45, 2.75) is 33.3 Å². The molecular formula is C13H20ClN3O2. The predicted octanol–water partition coefficient (Wildman–Crippen LogP) is 1.84. The Kier molecular flexibility index (Phi) is 5.14. The van der Waals surface area contributed by atoms with E-state index in [1.54, 1.807) is 0 Å². The van der Waals surface area contributed by atoms with Gasteiger partial charge < -0.3 is 16.2 Å². The number of amides is 1. The van der Waals surface area contributed by atoms with E-state index in [0.717, 1.165) is 0 Å². The SMILES string of the molecule is CC(C)(C)CC(O)CNC(=O)c1cc(Cl)ncc1N. The number of halogens is 1. The van der Waals surface area contributed by atoms with E-state index < -0.39 is 6.10 Å². The number of aliphatic hydroxyl groups excluding tert-OH is 1. The van der Waals surface area contributed by atoms with Gasteiger partial charge in [0.05, 0.1) is 23.6 Å². The molecule has 4 N–H and O–H groups in total. The Bertz CT molecular complexity index is 458. The minimum Gasteiger partial charge on any atom is -0.397 e. The van der Waals surface area contributed by atoms with E-state index in [2.05, 4.69) is 10.3 Å². The number of nitrogen functional groups attached to an aromatic ring is 1. The van der Waals surface area contributed by atoms with Crippen LogP contribution in [0.15, 0.2) is 12.3 Å². The van der Waals surface area contributed by atoms with Crippen molar-refractivity contribution >= 4 is 23.2 Å². The van der Waals surface area contributed by atoms with Crippen LogP contribution in [-0.2, 0) is 0 Å². The topological polar surface area (TPSA) is 88.2 Å². The molecule has 1 heterocycles. The summed E-state index contributed by atoms with van der Waals surface area (Å²) in [6.07, 6.45) is 1.34. The highest BCUT2D eigenvalue weighted by Crippen LogP contribution is 2.20. The van der Waals surface area contributed by atoms with Gasteiger partial charge >= 0.3 is 0 Å². The zero-order chi connectivity index (χ0) is 14.6. The molecule has 0 aliphatic rings. The fourth-order valence-electron chi connectivity index (χ4n) is 1.72. The van der Waals surface area contributed by atoms with Crippen LogP contribution in [0.3, 0.4) is 0 Å². The van der Waals surface area contributed by atoms with Gasteiger partial charge in [-0.2, -0.15) is 0 Å². The Hall–Kier alpha value is -1.33. The Morgan fingerprint density at radius 1 is 1.58 bits per heavy atom. The molecule has 1 aromatic heterocycles. The van der Waals surface area contributed by atoms with Crippen LogP contribution < -0.4 is 11.1 Å². The van der Waals surface area contributed by atoms with Crippen LogP contribution in [-0.4, -0.2) is 28.6 Å². The summed E-state index contributed by atoms with van der Waals surface area (Å²) >= 11 is 5.71. The first kappa shape index (κ1) is 15.7. The van der Waals surface area contributed by atoms with Crippen LogP contribution in [0.4, 0.5) is 5.69 Å². The van der Waals surface area contributed by atoms with Gasteiger partial charge in [0.2, 0.25) is 0 Å². The minimum atomic E-state index is -0.595. The van der Waals surface area contributed by atoms with Crippen LogP contribution in [0.5, 0.6) is 0 Å². The first-order valence-corrected chi connectivity index (χ1v) is 6.44. The molecule has 19 heavy (non-hydrogen) atoms. The van der Waals surface area contributed by atoms with Crippen molar-refractivity contribution in [2.24, 2.45) is 5.41 Å². The molecule has 0 radical (unpaired) electrons. The average Bonchev–Trinajstić information content (AvgIpc) is 2.27. The number of hydrogen-bond donors (Lipinski definition) is 3. The molecule has 1 amide bonds. The molecule has 5 nitrogen and oxygen atoms in total. The smallest absolute Gasteiger partial charge is 0.253 e. The van der Waals surface area contributed by atoms with E-state index >= 15 is 0 Å². The number of carbonyl (C=O) groups excluding carboxylic acids is 1. The van der Waals surface area contributed by atoms with Crippen LogP contribution >= 0.6 is 11.6 Å². The zero-order valence-corrected chi connectivity index (χ0v) is 12.2. The van der Waals surface area contributed by atoms with Crippen LogP contribution in [0.25, 0.3) is 0 Å². The highest BCUT2D eigenvalue weighted by molar-refractivity contribution is 6.29. The second-order valence-electron chi connectivity index (χ2n) is 5.72. The van der Waals surface area contributed by atoms with Gasteiger partial charge in [-0.05, 0) is 17.9 Å². The molecule has 1 rings (SSSR count). The van der Waals surface area contributed by atoms with E-state index in [9.17, 15) is 9.90 Å². The van der Waals surface area contributed by atoms with E-state index in [-0.39, 0.29) is 34.3 Å². The molecule has 0 aliphatic heterocycles. The fourth-order valence-corrected chi connectivity index (χ4v) is 1.88. The third-order valence-corrected chi connectivity index (χ3v) is 2.70. The van der Waals surface area contributed by atoms with E-state index in [4.69, 9.17) is 17.3 Å². The van der Waals surface area contributed by atoms with Crippen molar-refractivity contribution in [3.8, 4) is 0 Å². The molecule has 0 fully saturated rings. The van der Waals surface area contributed by atoms with Crippen molar-refractivity contribution in [1.82, 2.24) is 10.3 Å². The number of nitrogens with two attached hydrogens (primary N) is 1. The lowest BCUT2D eigenvalue weighted by molar-refractivity contribution is 0.0869. The Balaban J connectivity index is 2.58. The highest BCUT2D eigenvalue weighted by atomic mass is 35.5. The number of aromatic nitrogens is 1. The Morgan fingerprint density at radius 3 is 2.79 bits per heavy atom. The molecule has 0 spiro atoms. The first-order valence-electron chi connectivity index (χ1n) is 6.06. The summed E-state index contributed by atoms with van der Waals surface area (Å²) in [4.78, 5) is 15.7. The molecule has 0 bridgehead atoms. The zero-order valence-electron chi connectivity index (χ0n) is 11.4. The summed E-state index contributed by atoms with van der Waals surface area (Å²) in [5.41, 5.74) is 6.18. The molecule has 0 saturated carbocycles. The Labute approximate surface area is 118 Å². The van der Waals surface area contributed by atoms with Gasteiger partial charge in [-0.15, -0.1) is 0 Å². The predicted molar refractivity (Wildman–Crippen MR) is 76.1 cm³/mol. The molecule has 1 unspecified atom stereocenters. The maximum absolute atomic E-state index is 11.9. The molecule has 0 aliphatic carbocycles. The van der Waals surface area contributed by atoms with Crippen LogP contribution in [0, 0.1) is 5.41 Å². The van der Waals surface area contributed by atoms with Gasteiger partial charge in [0.15, 0.2) is 0 Å². The number of carbonyl (C=O) groups is 1. The van der Waals surface area contributed by atoms with Gasteiger partial charge in [-0.1, -0.05) is 32.4 Å². The van der Waals surface area contributed by atoms with Crippen molar-refractivity contribution in [2.75, 3.05) is 12.3 Å². The molecular weight excluding hydrogens is 266 g/mol. The molecule has 0 saturated heterocycles. The first-order chi connectivity index (χ1) is 8.69. The maximum atomic E-state index is 11.9. The van der Waals surface area contributed by atoms with Crippen molar-refractivity contribution in [1.29, 1.82) is 0 Å². The second-order valence-corrected chi connectivity index (χ2v) is 6.11. The summed E-state index contributed by atoms with van der Waals surface area (Å²) in [6, 6.07) is 1.41. The number of aliphatic hydroxyl groups is 1. The standard InChI is InChI=1S/C13H20ClN3O2/c1-13(2,3)5-8(18)6-17-12(19)9-4-11(14)16-7-10(9)15/h4,7-8,18H,5-6,15H2,1-3H3,(H,17,19). The number of hydrogen-bond acceptors (Lipinski definition) is 4. The number of anilines is 1. The monoisotopic (exact) mass is 285 g/mol. The quantitative estimate of drug-likeness (QED) is 0.737. The molecule has 6 heteroatoms. The fraction of sp³-hybridized carbons (Fsp3) is 0.538. The second kappa shape index (κ2) is 6.21. The van der Waals surface area contributed by atoms with E-state index in [0.29, 0.717) is 6.42 Å². The summed E-state index contributed by atoms with van der Waals surface area (Å²) in [7, 11) is 0. The maximum Gasteiger partial charge on any atom is 0.253 e. The molecule has 0 aromatic carbocycles. The van der Waals surface area contributed by atoms with Crippen LogP contribution in [0.2, 0.25) is 5.15 Å². The summed E-state index contributed by atoms with van der Waals surface area (Å²) in [6.45, 7) is 6.26. The lowest BCUT2D eigenvalue weighted by Crippen LogP contribution is -2.34. The van der Waals surface area contributed by atoms with Gasteiger partial charge in [0, 0.05) is 6.54 Å². The van der Waals surface area contributed by atoms with Crippen molar-refractivity contribution in [3.63, 3.8) is 0 Å². The van der Waals surface area contributed by atoms with Gasteiger partial charge in [0.25, 0.3) is 5.91 Å². The number of rotatable bonds is 4. The Morgan fingerprint density at radius 2 is 2.21 bits per heavy atom. The van der Waals surface area contributed by atoms with Gasteiger partial charge in [0.1, 0.15) is 5.15 Å². The summed E-state index contributed by atoms with van der Waals surface area (Å²) < 4.78 is 0.